The van der Waals surface area contributed by atoms with Crippen molar-refractivity contribution >= 4 is 17.5 Å². The molecule has 11 heteroatoms. The zero-order valence-corrected chi connectivity index (χ0v) is 21.7. The van der Waals surface area contributed by atoms with Gasteiger partial charge >= 0.3 is 0 Å². The zero-order chi connectivity index (χ0) is 27.2. The maximum absolute atomic E-state index is 12.7. The number of carbonyl (C=O) groups is 1. The summed E-state index contributed by atoms with van der Waals surface area (Å²) in [6, 6.07) is 12.8. The Bertz CT molecular complexity index is 1480. The van der Waals surface area contributed by atoms with E-state index in [2.05, 4.69) is 31.4 Å². The molecule has 2 aromatic carbocycles. The molecule has 198 valence electrons. The second-order valence-electron chi connectivity index (χ2n) is 9.20. The molecule has 0 radical (unpaired) electrons. The number of aromatic nitrogens is 5. The summed E-state index contributed by atoms with van der Waals surface area (Å²) in [5.41, 5.74) is 3.24. The number of nitriles is 1. The highest BCUT2D eigenvalue weighted by Crippen LogP contribution is 2.30. The van der Waals surface area contributed by atoms with Gasteiger partial charge in [-0.2, -0.15) is 10.4 Å². The van der Waals surface area contributed by atoms with Crippen LogP contribution in [0.25, 0.3) is 11.1 Å². The monoisotopic (exact) mass is 524 g/mol. The largest absolute Gasteiger partial charge is 0.495 e. The van der Waals surface area contributed by atoms with Gasteiger partial charge in [0.2, 0.25) is 5.95 Å². The molecular formula is C28H28N8O3. The van der Waals surface area contributed by atoms with Crippen LogP contribution in [0.5, 0.6) is 11.5 Å². The van der Waals surface area contributed by atoms with Gasteiger partial charge in [-0.1, -0.05) is 6.07 Å². The second-order valence-corrected chi connectivity index (χ2v) is 9.20. The minimum Gasteiger partial charge on any atom is -0.495 e. The molecule has 5 rings (SSSR count). The summed E-state index contributed by atoms with van der Waals surface area (Å²) < 4.78 is 13.3. The van der Waals surface area contributed by atoms with Gasteiger partial charge in [-0.15, -0.1) is 0 Å². The number of amides is 1. The van der Waals surface area contributed by atoms with Crippen LogP contribution in [0.1, 0.15) is 35.7 Å². The molecule has 1 aliphatic rings. The van der Waals surface area contributed by atoms with E-state index in [4.69, 9.17) is 9.47 Å². The number of hydrogen-bond donors (Lipinski definition) is 1. The highest BCUT2D eigenvalue weighted by Gasteiger charge is 2.21. The van der Waals surface area contributed by atoms with E-state index >= 15 is 0 Å². The molecule has 1 atom stereocenters. The second kappa shape index (κ2) is 11.6. The average Bonchev–Trinajstić information content (AvgIpc) is 3.68. The number of nitrogens with zero attached hydrogens (tertiary/aromatic N) is 7. The maximum atomic E-state index is 12.7. The van der Waals surface area contributed by atoms with Gasteiger partial charge in [-0.3, -0.25) is 4.79 Å². The maximum Gasteiger partial charge on any atom is 0.253 e. The van der Waals surface area contributed by atoms with E-state index in [1.54, 1.807) is 60.8 Å². The number of ether oxygens (including phenoxy) is 2. The predicted molar refractivity (Wildman–Crippen MR) is 144 cm³/mol. The molecule has 1 amide bonds. The summed E-state index contributed by atoms with van der Waals surface area (Å²) in [6.07, 6.45) is 8.31. The first kappa shape index (κ1) is 25.7. The molecule has 3 heterocycles. The Morgan fingerprint density at radius 2 is 1.90 bits per heavy atom. The van der Waals surface area contributed by atoms with Gasteiger partial charge in [0.1, 0.15) is 36.3 Å². The van der Waals surface area contributed by atoms with Gasteiger partial charge in [-0.05, 0) is 55.7 Å². The number of hydrogen-bond acceptors (Lipinski definition) is 9. The van der Waals surface area contributed by atoms with Crippen molar-refractivity contribution in [2.75, 3.05) is 25.5 Å². The topological polar surface area (TPSA) is 131 Å². The molecule has 1 N–H and O–H groups in total. The number of rotatable bonds is 9. The first-order valence-corrected chi connectivity index (χ1v) is 12.6. The molecule has 0 saturated carbocycles. The molecule has 2 aromatic heterocycles. The Hall–Kier alpha value is -4.98. The highest BCUT2D eigenvalue weighted by atomic mass is 16.5. The van der Waals surface area contributed by atoms with Gasteiger partial charge in [0, 0.05) is 36.6 Å². The molecule has 11 nitrogen and oxygen atoms in total. The summed E-state index contributed by atoms with van der Waals surface area (Å²) >= 11 is 0. The van der Waals surface area contributed by atoms with Gasteiger partial charge in [0.05, 0.1) is 24.9 Å². The van der Waals surface area contributed by atoms with Crippen molar-refractivity contribution < 1.29 is 14.3 Å². The van der Waals surface area contributed by atoms with E-state index in [-0.39, 0.29) is 12.0 Å². The Morgan fingerprint density at radius 3 is 2.59 bits per heavy atom. The molecule has 1 unspecified atom stereocenters. The van der Waals surface area contributed by atoms with E-state index in [9.17, 15) is 10.1 Å². The Balaban J connectivity index is 1.29. The number of benzene rings is 2. The Labute approximate surface area is 226 Å². The highest BCUT2D eigenvalue weighted by molar-refractivity contribution is 5.95. The smallest absolute Gasteiger partial charge is 0.253 e. The average molecular weight is 525 g/mol. The van der Waals surface area contributed by atoms with E-state index in [0.717, 1.165) is 37.1 Å². The first-order chi connectivity index (χ1) is 19.0. The molecular weight excluding hydrogens is 496 g/mol. The summed E-state index contributed by atoms with van der Waals surface area (Å²) in [5.74, 6) is 1.39. The lowest BCUT2D eigenvalue weighted by molar-refractivity contribution is 0.0792. The summed E-state index contributed by atoms with van der Waals surface area (Å²) in [7, 11) is 1.56. The fourth-order valence-electron chi connectivity index (χ4n) is 4.43. The van der Waals surface area contributed by atoms with Gasteiger partial charge < -0.3 is 19.7 Å². The van der Waals surface area contributed by atoms with Gasteiger partial charge in [0.15, 0.2) is 0 Å². The van der Waals surface area contributed by atoms with E-state index in [0.29, 0.717) is 40.8 Å². The van der Waals surface area contributed by atoms with Crippen LogP contribution < -0.4 is 14.8 Å². The lowest BCUT2D eigenvalue weighted by Crippen LogP contribution is -2.27. The minimum absolute atomic E-state index is 0.0107. The van der Waals surface area contributed by atoms with Crippen LogP contribution in [0.4, 0.5) is 11.6 Å². The van der Waals surface area contributed by atoms with Crippen LogP contribution in [0, 0.1) is 11.3 Å². The van der Waals surface area contributed by atoms with Crippen molar-refractivity contribution in [1.82, 2.24) is 29.6 Å². The van der Waals surface area contributed by atoms with E-state index in [1.807, 2.05) is 17.9 Å². The molecule has 39 heavy (non-hydrogen) atoms. The molecule has 0 aliphatic carbocycles. The first-order valence-electron chi connectivity index (χ1n) is 12.6. The molecule has 4 aromatic rings. The van der Waals surface area contributed by atoms with E-state index < -0.39 is 0 Å². The molecule has 0 bridgehead atoms. The van der Waals surface area contributed by atoms with Crippen LogP contribution in [0.2, 0.25) is 0 Å². The number of anilines is 2. The van der Waals surface area contributed by atoms with Crippen LogP contribution in [-0.4, -0.2) is 61.8 Å². The molecule has 1 fully saturated rings. The third-order valence-corrected chi connectivity index (χ3v) is 6.41. The Kier molecular flexibility index (Phi) is 7.63. The number of methoxy groups -OCH3 is 1. The van der Waals surface area contributed by atoms with E-state index in [1.165, 1.54) is 6.33 Å². The number of carbonyl (C=O) groups excluding carboxylic acids is 1. The third-order valence-electron chi connectivity index (χ3n) is 6.41. The minimum atomic E-state index is -0.233. The fourth-order valence-corrected chi connectivity index (χ4v) is 4.43. The summed E-state index contributed by atoms with van der Waals surface area (Å²) in [5, 5.41) is 16.8. The third kappa shape index (κ3) is 5.96. The SMILES string of the molecule is COc1cc(C(=O)N2CCCC2)ccc1Nc1ncc(-c2ccc(C#N)c(OC(C)Cn3cncn3)c2)cn1. The number of likely N-dealkylation sites (tertiary alicyclic amines) is 1. The van der Waals surface area contributed by atoms with Gasteiger partial charge in [-0.25, -0.2) is 19.6 Å². The molecule has 0 spiro atoms. The molecule has 1 saturated heterocycles. The standard InChI is InChI=1S/C28H28N8O3/c1-19(16-36-18-30-17-33-36)39-25-11-20(5-6-22(25)13-29)23-14-31-28(32-15-23)34-24-8-7-21(12-26(24)38-2)27(37)35-9-3-4-10-35/h5-8,11-12,14-15,17-19H,3-4,9-10,16H2,1-2H3,(H,31,32,34). The number of nitrogens with one attached hydrogen (secondary N) is 1. The zero-order valence-electron chi connectivity index (χ0n) is 21.7. The van der Waals surface area contributed by atoms with Gasteiger partial charge in [0.25, 0.3) is 5.91 Å². The normalized spacial score (nSPS) is 13.5. The lowest BCUT2D eigenvalue weighted by Gasteiger charge is -2.17. The van der Waals surface area contributed by atoms with Crippen LogP contribution >= 0.6 is 0 Å². The lowest BCUT2D eigenvalue weighted by atomic mass is 10.1. The van der Waals surface area contributed by atoms with Crippen molar-refractivity contribution in [3.63, 3.8) is 0 Å². The quantitative estimate of drug-likeness (QED) is 0.344. The van der Waals surface area contributed by atoms with Crippen LogP contribution in [0.15, 0.2) is 61.4 Å². The van der Waals surface area contributed by atoms with Crippen molar-refractivity contribution in [1.29, 1.82) is 5.26 Å². The van der Waals surface area contributed by atoms with Crippen molar-refractivity contribution in [2.45, 2.75) is 32.4 Å². The summed E-state index contributed by atoms with van der Waals surface area (Å²) in [4.78, 5) is 27.5. The fraction of sp³-hybridized carbons (Fsp3) is 0.286. The predicted octanol–water partition coefficient (Wildman–Crippen LogP) is 4.06. The van der Waals surface area contributed by atoms with Crippen molar-refractivity contribution in [3.8, 4) is 28.7 Å². The Morgan fingerprint density at radius 1 is 1.10 bits per heavy atom. The van der Waals surface area contributed by atoms with Crippen molar-refractivity contribution in [3.05, 3.63) is 72.6 Å². The van der Waals surface area contributed by atoms with Crippen LogP contribution in [0.3, 0.4) is 0 Å². The van der Waals surface area contributed by atoms with Crippen molar-refractivity contribution in [2.24, 2.45) is 0 Å². The molecule has 1 aliphatic heterocycles. The summed E-state index contributed by atoms with van der Waals surface area (Å²) in [6.45, 7) is 3.98. The van der Waals surface area contributed by atoms with Crippen LogP contribution in [-0.2, 0) is 6.54 Å².